The first-order chi connectivity index (χ1) is 30.1. The number of amides is 6. The number of quaternary nitrogens is 3. The number of rotatable bonds is 11. The third-order valence-electron chi connectivity index (χ3n) is 10.1. The molecule has 3 saturated heterocycles. The number of anilines is 3. The Balaban J connectivity index is 0.000000160. The third-order valence-corrected chi connectivity index (χ3v) is 14.0. The highest BCUT2D eigenvalue weighted by Crippen LogP contribution is 2.45. The maximum Gasteiger partial charge on any atom is 0.389 e. The van der Waals surface area contributed by atoms with Gasteiger partial charge in [0.1, 0.15) is 18.8 Å². The van der Waals surface area contributed by atoms with Crippen molar-refractivity contribution < 1.29 is 22.7 Å². The van der Waals surface area contributed by atoms with Gasteiger partial charge in [0.2, 0.25) is 36.4 Å². The minimum Gasteiger partial charge on any atom is -0.593 e. The smallest absolute Gasteiger partial charge is 0.389 e. The fourth-order valence-electron chi connectivity index (χ4n) is 6.85. The second kappa shape index (κ2) is 20.6. The normalized spacial score (nSPS) is 22.2. The van der Waals surface area contributed by atoms with Crippen LogP contribution in [0.1, 0.15) is 46.5 Å². The van der Waals surface area contributed by atoms with Gasteiger partial charge in [0, 0.05) is 35.6 Å². The van der Waals surface area contributed by atoms with Crippen molar-refractivity contribution in [2.45, 2.75) is 46.5 Å². The molecule has 3 unspecified atom stereocenters. The SMILES string of the molecule is CCCCCC[N+]1([O-])SN(c2ccccc2)C(=O)N1c1ccccc1.CCN1C(=O)N(c2cc(Cl)cc(Cl)c2)S[N+]1([O-])CC.CN1S[N+]([O-])(c2ccc3ccccc3c2)N(C)C1=O. The van der Waals surface area contributed by atoms with Gasteiger partial charge in [-0.25, -0.2) is 18.7 Å². The number of hydroxylamine groups is 2. The summed E-state index contributed by atoms with van der Waals surface area (Å²) in [4.78, 5) is 37.1. The second-order valence-corrected chi connectivity index (χ2v) is 18.7. The molecule has 20 heteroatoms. The van der Waals surface area contributed by atoms with Crippen molar-refractivity contribution in [3.8, 4) is 0 Å². The Morgan fingerprint density at radius 3 is 1.70 bits per heavy atom. The van der Waals surface area contributed by atoms with Gasteiger partial charge in [0.05, 0.1) is 25.0 Å². The lowest BCUT2D eigenvalue weighted by Crippen LogP contribution is -2.49. The lowest BCUT2D eigenvalue weighted by Gasteiger charge is -2.38. The summed E-state index contributed by atoms with van der Waals surface area (Å²) in [6.07, 6.45) is 4.01. The fraction of sp³-hybridized carbons (Fsp3) is 0.279. The molecule has 0 aromatic heterocycles. The molecule has 0 bridgehead atoms. The number of halogens is 2. The zero-order valence-corrected chi connectivity index (χ0v) is 39.4. The van der Waals surface area contributed by atoms with E-state index in [1.807, 2.05) is 97.1 Å². The molecular weight excluding hydrogens is 906 g/mol. The summed E-state index contributed by atoms with van der Waals surface area (Å²) in [6.45, 7) is 6.62. The fourth-order valence-corrected chi connectivity index (χ4v) is 10.3. The minimum absolute atomic E-state index is 0.259. The Hall–Kier alpha value is -4.44. The van der Waals surface area contributed by atoms with Crippen LogP contribution in [0.15, 0.2) is 121 Å². The van der Waals surface area contributed by atoms with Gasteiger partial charge < -0.3 is 15.6 Å². The number of hydrogen-bond donors (Lipinski definition) is 0. The van der Waals surface area contributed by atoms with Crippen molar-refractivity contribution >= 4 is 111 Å². The largest absolute Gasteiger partial charge is 0.593 e. The van der Waals surface area contributed by atoms with E-state index in [9.17, 15) is 30.0 Å². The number of para-hydroxylation sites is 2. The maximum absolute atomic E-state index is 13.6. The van der Waals surface area contributed by atoms with Crippen molar-refractivity contribution in [2.24, 2.45) is 0 Å². The van der Waals surface area contributed by atoms with E-state index >= 15 is 0 Å². The van der Waals surface area contributed by atoms with Crippen LogP contribution >= 0.6 is 59.6 Å². The van der Waals surface area contributed by atoms with Crippen LogP contribution in [-0.2, 0) is 0 Å². The Morgan fingerprint density at radius 1 is 0.571 bits per heavy atom. The summed E-state index contributed by atoms with van der Waals surface area (Å²) in [5.41, 5.74) is 2.39. The van der Waals surface area contributed by atoms with E-state index in [0.717, 1.165) is 78.5 Å². The van der Waals surface area contributed by atoms with Crippen LogP contribution in [0.25, 0.3) is 10.8 Å². The number of carbonyl (C=O) groups is 3. The van der Waals surface area contributed by atoms with Crippen LogP contribution in [0.3, 0.4) is 0 Å². The number of nitrogens with zero attached hydrogens (tertiary/aromatic N) is 9. The zero-order chi connectivity index (χ0) is 45.5. The van der Waals surface area contributed by atoms with Crippen molar-refractivity contribution in [3.05, 3.63) is 147 Å². The molecule has 334 valence electrons. The summed E-state index contributed by atoms with van der Waals surface area (Å²) in [5.74, 6) is 0. The maximum atomic E-state index is 13.6. The van der Waals surface area contributed by atoms with Crippen molar-refractivity contribution in [1.82, 2.24) is 18.5 Å². The first-order valence-corrected chi connectivity index (χ1v) is 23.2. The molecule has 0 N–H and O–H groups in total. The molecule has 0 radical (unpaired) electrons. The van der Waals surface area contributed by atoms with E-state index in [2.05, 4.69) is 6.92 Å². The average molecular weight is 955 g/mol. The molecule has 0 aliphatic carbocycles. The predicted molar refractivity (Wildman–Crippen MR) is 260 cm³/mol. The molecule has 5 aromatic rings. The first-order valence-electron chi connectivity index (χ1n) is 20.3. The molecule has 6 amide bonds. The Morgan fingerprint density at radius 2 is 1.14 bits per heavy atom. The second-order valence-electron chi connectivity index (χ2n) is 14.5. The van der Waals surface area contributed by atoms with E-state index in [1.165, 1.54) is 35.0 Å². The van der Waals surface area contributed by atoms with Crippen molar-refractivity contribution in [2.75, 3.05) is 47.3 Å². The molecule has 3 aliphatic rings. The summed E-state index contributed by atoms with van der Waals surface area (Å²) >= 11 is 14.7. The standard InChI is InChI=1S/C19H23N3O2S.C13H13N3O2S.C11H13Cl2N3O2S/c1-2-3-4-11-16-22(24)20(17-12-7-5-8-13-17)19(23)21(25-22)18-14-9-6-10-15-18;1-14-13(17)15(2)19-16(14,18)12-8-7-10-5-3-4-6-11(10)9-12;1-3-14-11(17)15(19-16(14,18)4-2)10-6-8(12)5-9(13)7-10/h5-10,12-15H,2-4,11,16H2,1H3;3-9H,1-2H3;5-7H,3-4H2,1-2H3. The van der Waals surface area contributed by atoms with Crippen LogP contribution in [0.4, 0.5) is 37.1 Å². The molecule has 15 nitrogen and oxygen atoms in total. The van der Waals surface area contributed by atoms with E-state index in [0.29, 0.717) is 40.2 Å². The molecule has 3 heterocycles. The number of benzene rings is 5. The first kappa shape index (κ1) is 48.0. The van der Waals surface area contributed by atoms with Gasteiger partial charge in [-0.3, -0.25) is 0 Å². The van der Waals surface area contributed by atoms with Gasteiger partial charge in [0.15, 0.2) is 5.69 Å². The number of hydrogen-bond acceptors (Lipinski definition) is 9. The third kappa shape index (κ3) is 10.4. The van der Waals surface area contributed by atoms with Crippen LogP contribution < -0.4 is 17.8 Å². The highest BCUT2D eigenvalue weighted by molar-refractivity contribution is 7.97. The molecule has 3 atom stereocenters. The Labute approximate surface area is 391 Å². The van der Waals surface area contributed by atoms with Gasteiger partial charge in [-0.1, -0.05) is 104 Å². The Kier molecular flexibility index (Phi) is 15.7. The van der Waals surface area contributed by atoms with Crippen LogP contribution in [0.5, 0.6) is 0 Å². The van der Waals surface area contributed by atoms with Gasteiger partial charge in [-0.05, 0) is 79.6 Å². The molecule has 5 aromatic carbocycles. The molecule has 0 spiro atoms. The van der Waals surface area contributed by atoms with E-state index in [4.69, 9.17) is 23.2 Å². The van der Waals surface area contributed by atoms with Crippen molar-refractivity contribution in [3.63, 3.8) is 0 Å². The van der Waals surface area contributed by atoms with Crippen LogP contribution in [0.2, 0.25) is 10.0 Å². The quantitative estimate of drug-likeness (QED) is 0.0548. The summed E-state index contributed by atoms with van der Waals surface area (Å²) < 4.78 is 1.83. The predicted octanol–water partition coefficient (Wildman–Crippen LogP) is 12.7. The van der Waals surface area contributed by atoms with Gasteiger partial charge >= 0.3 is 18.1 Å². The van der Waals surface area contributed by atoms with E-state index < -0.39 is 12.5 Å². The minimum atomic E-state index is -0.847. The molecule has 0 saturated carbocycles. The summed E-state index contributed by atoms with van der Waals surface area (Å²) in [5, 5.41) is 45.6. The van der Waals surface area contributed by atoms with Crippen molar-refractivity contribution in [1.29, 1.82) is 0 Å². The average Bonchev–Trinajstić information content (AvgIpc) is 3.79. The molecule has 63 heavy (non-hydrogen) atoms. The number of carbonyl (C=O) groups excluding carboxylic acids is 3. The van der Waals surface area contributed by atoms with Gasteiger partial charge in [-0.15, -0.1) is 9.17 Å². The molecular formula is C43H49Cl2N9O6S3. The number of fused-ring (bicyclic) bond motifs is 1. The summed E-state index contributed by atoms with van der Waals surface area (Å²) in [6, 6.07) is 35.7. The van der Waals surface area contributed by atoms with Crippen LogP contribution in [-0.4, -0.2) is 74.5 Å². The van der Waals surface area contributed by atoms with Gasteiger partial charge in [-0.2, -0.15) is 26.9 Å². The molecule has 3 fully saturated rings. The Bertz CT molecular complexity index is 2380. The lowest BCUT2D eigenvalue weighted by atomic mass is 10.1. The molecule has 3 aliphatic heterocycles. The van der Waals surface area contributed by atoms with E-state index in [-0.39, 0.29) is 24.6 Å². The lowest BCUT2D eigenvalue weighted by molar-refractivity contribution is -0.851. The molecule has 8 rings (SSSR count). The summed E-state index contributed by atoms with van der Waals surface area (Å²) in [7, 11) is 3.11. The van der Waals surface area contributed by atoms with Crippen LogP contribution in [0, 0.1) is 15.6 Å². The highest BCUT2D eigenvalue weighted by Gasteiger charge is 2.50. The number of urea groups is 3. The zero-order valence-electron chi connectivity index (χ0n) is 35.5. The monoisotopic (exact) mass is 953 g/mol. The highest BCUT2D eigenvalue weighted by atomic mass is 35.5. The van der Waals surface area contributed by atoms with Gasteiger partial charge in [0.25, 0.3) is 0 Å². The number of unbranched alkanes of at least 4 members (excludes halogenated alkanes) is 3. The topological polar surface area (TPSA) is 140 Å². The van der Waals surface area contributed by atoms with E-state index in [1.54, 1.807) is 45.2 Å².